The van der Waals surface area contributed by atoms with E-state index in [1.165, 1.54) is 12.5 Å². The zero-order chi connectivity index (χ0) is 46.9. The number of fused-ring (bicyclic) bond motifs is 7. The fourth-order valence-corrected chi connectivity index (χ4v) is 14.8. The molecule has 0 aromatic heterocycles. The molecule has 0 radical (unpaired) electrons. The maximum absolute atomic E-state index is 12.4. The maximum atomic E-state index is 12.4. The van der Waals surface area contributed by atoms with Crippen LogP contribution in [0.1, 0.15) is 113 Å². The summed E-state index contributed by atoms with van der Waals surface area (Å²) >= 11 is 0. The standard InChI is InChI=1S/C47H76O17/c1-21-29(51)31(53)34(56)39(60-21)63-36-30(52)24(49)19-59-40(36)64-37-33(55)32(54)35(38(57)58)62-41(37)61-28-12-13-44(5)25(45(28,6)20-48)11-14-47(8)26(44)10-9-22-23-17-42(2,3)18-27(50)43(23,4)15-16-46(22,47)7/h9,21,23-37,39-41,48-56H,10-20H2,1-8H3,(H,57,58)/t21-,23+,24-,25+,26+,27+,28-,29-,30+,31+,32+,33+,34-,35+,36-,37-,39+,40+,41-,43-,44-,45-,46+,47+/m0/s1. The van der Waals surface area contributed by atoms with Crippen molar-refractivity contribution in [3.8, 4) is 0 Å². The van der Waals surface area contributed by atoms with Crippen molar-refractivity contribution in [1.29, 1.82) is 0 Å². The van der Waals surface area contributed by atoms with Crippen LogP contribution in [0.15, 0.2) is 11.6 Å². The van der Waals surface area contributed by atoms with Crippen molar-refractivity contribution in [3.63, 3.8) is 0 Å². The Morgan fingerprint density at radius 3 is 2.05 bits per heavy atom. The van der Waals surface area contributed by atoms with Gasteiger partial charge in [0, 0.05) is 10.8 Å². The normalized spacial score (nSPS) is 56.1. The molecule has 4 saturated carbocycles. The second-order valence-corrected chi connectivity index (χ2v) is 23.2. The fraction of sp³-hybridized carbons (Fsp3) is 0.936. The van der Waals surface area contributed by atoms with E-state index >= 15 is 0 Å². The summed E-state index contributed by atoms with van der Waals surface area (Å²) in [5.41, 5.74) is 0.0929. The number of carbonyl (C=O) groups is 1. The Kier molecular flexibility index (Phi) is 13.0. The third-order valence-electron chi connectivity index (χ3n) is 19.1. The van der Waals surface area contributed by atoms with E-state index in [0.29, 0.717) is 18.8 Å². The molecule has 64 heavy (non-hydrogen) atoms. The van der Waals surface area contributed by atoms with Crippen LogP contribution in [0.2, 0.25) is 0 Å². The lowest BCUT2D eigenvalue weighted by Gasteiger charge is -2.72. The average molecular weight is 913 g/mol. The Labute approximate surface area is 376 Å². The van der Waals surface area contributed by atoms with Gasteiger partial charge in [-0.05, 0) is 104 Å². The van der Waals surface area contributed by atoms with Gasteiger partial charge in [-0.25, -0.2) is 4.79 Å². The summed E-state index contributed by atoms with van der Waals surface area (Å²) in [5, 5.41) is 109. The van der Waals surface area contributed by atoms with Crippen LogP contribution in [-0.2, 0) is 33.2 Å². The van der Waals surface area contributed by atoms with Crippen LogP contribution in [0, 0.1) is 50.2 Å². The van der Waals surface area contributed by atoms with Gasteiger partial charge in [0.1, 0.15) is 54.9 Å². The lowest BCUT2D eigenvalue weighted by molar-refractivity contribution is -0.387. The van der Waals surface area contributed by atoms with Crippen LogP contribution in [0.5, 0.6) is 0 Å². The number of carboxylic acids is 1. The molecule has 0 unspecified atom stereocenters. The second kappa shape index (κ2) is 16.9. The van der Waals surface area contributed by atoms with Crippen molar-refractivity contribution in [2.45, 2.75) is 211 Å². The Morgan fingerprint density at radius 2 is 1.38 bits per heavy atom. The molecule has 8 aliphatic rings. The molecule has 3 saturated heterocycles. The minimum absolute atomic E-state index is 0.0286. The summed E-state index contributed by atoms with van der Waals surface area (Å²) in [6.07, 6.45) is -14.5. The monoisotopic (exact) mass is 913 g/mol. The molecule has 0 aromatic rings. The van der Waals surface area contributed by atoms with Crippen LogP contribution in [0.25, 0.3) is 0 Å². The number of hydrogen-bond donors (Lipinski definition) is 10. The highest BCUT2D eigenvalue weighted by Crippen LogP contribution is 2.76. The Bertz CT molecular complexity index is 1760. The second-order valence-electron chi connectivity index (χ2n) is 23.2. The Morgan fingerprint density at radius 1 is 0.703 bits per heavy atom. The number of rotatable bonds is 8. The molecular formula is C47H76O17. The van der Waals surface area contributed by atoms with Gasteiger partial charge in [0.25, 0.3) is 0 Å². The van der Waals surface area contributed by atoms with Gasteiger partial charge in [0.05, 0.1) is 31.5 Å². The zero-order valence-corrected chi connectivity index (χ0v) is 38.7. The van der Waals surface area contributed by atoms with Gasteiger partial charge in [-0.3, -0.25) is 0 Å². The first-order valence-electron chi connectivity index (χ1n) is 23.7. The van der Waals surface area contributed by atoms with Gasteiger partial charge in [-0.15, -0.1) is 0 Å². The van der Waals surface area contributed by atoms with E-state index in [4.69, 9.17) is 28.4 Å². The third kappa shape index (κ3) is 7.49. The zero-order valence-electron chi connectivity index (χ0n) is 38.7. The highest BCUT2D eigenvalue weighted by molar-refractivity contribution is 5.73. The van der Waals surface area contributed by atoms with Gasteiger partial charge in [0.2, 0.25) is 0 Å². The molecule has 17 nitrogen and oxygen atoms in total. The fourth-order valence-electron chi connectivity index (χ4n) is 14.8. The lowest BCUT2D eigenvalue weighted by atomic mass is 9.33. The molecule has 10 N–H and O–H groups in total. The summed E-state index contributed by atoms with van der Waals surface area (Å²) in [6, 6.07) is 0. The summed E-state index contributed by atoms with van der Waals surface area (Å²) in [6.45, 7) is 16.8. The van der Waals surface area contributed by atoms with E-state index in [-0.39, 0.29) is 51.6 Å². The van der Waals surface area contributed by atoms with E-state index in [9.17, 15) is 55.9 Å². The molecule has 5 aliphatic carbocycles. The van der Waals surface area contributed by atoms with E-state index < -0.39 is 110 Å². The van der Waals surface area contributed by atoms with Crippen molar-refractivity contribution in [2.24, 2.45) is 50.2 Å². The van der Waals surface area contributed by atoms with Gasteiger partial charge < -0.3 is 79.5 Å². The van der Waals surface area contributed by atoms with E-state index in [0.717, 1.165) is 44.9 Å². The summed E-state index contributed by atoms with van der Waals surface area (Å²) in [7, 11) is 0. The summed E-state index contributed by atoms with van der Waals surface area (Å²) in [4.78, 5) is 12.4. The maximum Gasteiger partial charge on any atom is 0.335 e. The molecular weight excluding hydrogens is 837 g/mol. The molecule has 3 heterocycles. The first-order valence-corrected chi connectivity index (χ1v) is 23.7. The van der Waals surface area contributed by atoms with Crippen molar-refractivity contribution in [2.75, 3.05) is 13.2 Å². The van der Waals surface area contributed by atoms with Crippen LogP contribution in [-0.4, -0.2) is 168 Å². The minimum atomic E-state index is -2.01. The number of aliphatic carboxylic acids is 1. The number of aliphatic hydroxyl groups is 9. The Hall–Kier alpha value is -1.39. The molecule has 8 rings (SSSR count). The number of ether oxygens (including phenoxy) is 6. The van der Waals surface area contributed by atoms with Crippen LogP contribution in [0.3, 0.4) is 0 Å². The molecule has 0 spiro atoms. The molecule has 24 atom stereocenters. The highest BCUT2D eigenvalue weighted by Gasteiger charge is 2.70. The average Bonchev–Trinajstić information content (AvgIpc) is 3.22. The molecule has 17 heteroatoms. The predicted octanol–water partition coefficient (Wildman–Crippen LogP) is 1.34. The molecule has 0 aromatic carbocycles. The number of aliphatic hydroxyl groups excluding tert-OH is 9. The van der Waals surface area contributed by atoms with Gasteiger partial charge in [-0.2, -0.15) is 0 Å². The van der Waals surface area contributed by atoms with Crippen LogP contribution in [0.4, 0.5) is 0 Å². The Balaban J connectivity index is 1.06. The lowest BCUT2D eigenvalue weighted by Crippen LogP contribution is -2.68. The summed E-state index contributed by atoms with van der Waals surface area (Å²) in [5.74, 6) is -1.05. The summed E-state index contributed by atoms with van der Waals surface area (Å²) < 4.78 is 36.1. The number of carboxylic acid groups (broad SMARTS) is 1. The first kappa shape index (κ1) is 49.0. The quantitative estimate of drug-likeness (QED) is 0.122. The predicted molar refractivity (Wildman–Crippen MR) is 225 cm³/mol. The van der Waals surface area contributed by atoms with E-state index in [1.54, 1.807) is 0 Å². The van der Waals surface area contributed by atoms with Gasteiger partial charge in [0.15, 0.2) is 25.0 Å². The topological polar surface area (TPSA) is 275 Å². The minimum Gasteiger partial charge on any atom is -0.479 e. The molecule has 3 aliphatic heterocycles. The van der Waals surface area contributed by atoms with Crippen molar-refractivity contribution < 1.29 is 84.3 Å². The van der Waals surface area contributed by atoms with Crippen LogP contribution >= 0.6 is 0 Å². The third-order valence-corrected chi connectivity index (χ3v) is 19.1. The van der Waals surface area contributed by atoms with Crippen LogP contribution < -0.4 is 0 Å². The molecule has 7 fully saturated rings. The molecule has 366 valence electrons. The molecule has 0 amide bonds. The highest BCUT2D eigenvalue weighted by atomic mass is 16.8. The SMILES string of the molecule is C[C@@H]1O[C@H](O[C@@H]2[C@@H](O[C@@H]3[C@@H](O[C@H]4CC[C@@]5(C)[C@@H](CC[C@]6(C)[C@@H]5CC=C5[C@H]7CC(C)(C)C[C@@H](O)[C@@]7(C)CC[C@]56C)[C@]4(C)CO)O[C@@H](C(=O)O)[C@H](O)[C@H]3O)OC[C@H](O)[C@H]2O)[C@@H](O)[C@H](O)[C@H]1O. The first-order chi connectivity index (χ1) is 29.8. The number of allylic oxidation sites excluding steroid dienone is 2. The largest absolute Gasteiger partial charge is 0.479 e. The van der Waals surface area contributed by atoms with E-state index in [1.807, 2.05) is 6.92 Å². The van der Waals surface area contributed by atoms with Crippen molar-refractivity contribution >= 4 is 5.97 Å². The smallest absolute Gasteiger partial charge is 0.335 e. The molecule has 0 bridgehead atoms. The van der Waals surface area contributed by atoms with Crippen molar-refractivity contribution in [3.05, 3.63) is 11.6 Å². The van der Waals surface area contributed by atoms with E-state index in [2.05, 4.69) is 47.6 Å². The number of hydrogen-bond acceptors (Lipinski definition) is 16. The van der Waals surface area contributed by atoms with Crippen molar-refractivity contribution in [1.82, 2.24) is 0 Å². The van der Waals surface area contributed by atoms with Gasteiger partial charge >= 0.3 is 5.97 Å². The van der Waals surface area contributed by atoms with Gasteiger partial charge in [-0.1, -0.05) is 60.1 Å².